The van der Waals surface area contributed by atoms with E-state index in [9.17, 15) is 18.4 Å². The smallest absolute Gasteiger partial charge is 0.258 e. The highest BCUT2D eigenvalue weighted by Gasteiger charge is 2.24. The van der Waals surface area contributed by atoms with Crippen LogP contribution in [-0.2, 0) is 16.0 Å². The molecule has 0 unspecified atom stereocenters. The van der Waals surface area contributed by atoms with Gasteiger partial charge in [0.15, 0.2) is 0 Å². The monoisotopic (exact) mass is 360 g/mol. The molecule has 0 saturated carbocycles. The van der Waals surface area contributed by atoms with Gasteiger partial charge in [0, 0.05) is 37.5 Å². The van der Waals surface area contributed by atoms with Crippen LogP contribution in [0.5, 0.6) is 0 Å². The fourth-order valence-electron chi connectivity index (χ4n) is 2.94. The summed E-state index contributed by atoms with van der Waals surface area (Å²) in [6.07, 6.45) is 0.937. The van der Waals surface area contributed by atoms with Crippen molar-refractivity contribution in [3.05, 3.63) is 59.2 Å². The minimum Gasteiger partial charge on any atom is -0.383 e. The van der Waals surface area contributed by atoms with Gasteiger partial charge in [0.05, 0.1) is 12.2 Å². The summed E-state index contributed by atoms with van der Waals surface area (Å²) in [4.78, 5) is 26.0. The first-order valence-electron chi connectivity index (χ1n) is 8.18. The summed E-state index contributed by atoms with van der Waals surface area (Å²) >= 11 is 0. The van der Waals surface area contributed by atoms with E-state index in [1.165, 1.54) is 0 Å². The van der Waals surface area contributed by atoms with Crippen LogP contribution in [0.25, 0.3) is 0 Å². The molecule has 0 atom stereocenters. The predicted molar refractivity (Wildman–Crippen MR) is 93.3 cm³/mol. The first-order chi connectivity index (χ1) is 12.5. The van der Waals surface area contributed by atoms with Gasteiger partial charge in [0.25, 0.3) is 5.91 Å². The number of halogens is 2. The Balaban J connectivity index is 1.80. The Morgan fingerprint density at radius 3 is 2.73 bits per heavy atom. The molecule has 0 spiro atoms. The highest BCUT2D eigenvalue weighted by atomic mass is 19.1. The molecule has 2 aromatic rings. The molecule has 26 heavy (non-hydrogen) atoms. The van der Waals surface area contributed by atoms with Gasteiger partial charge in [-0.1, -0.05) is 0 Å². The van der Waals surface area contributed by atoms with Crippen molar-refractivity contribution in [2.75, 3.05) is 30.5 Å². The molecular weight excluding hydrogens is 342 g/mol. The second-order valence-corrected chi connectivity index (χ2v) is 5.96. The molecule has 2 amide bonds. The summed E-state index contributed by atoms with van der Waals surface area (Å²) < 4.78 is 31.7. The minimum absolute atomic E-state index is 0.0275. The van der Waals surface area contributed by atoms with Crippen LogP contribution in [-0.4, -0.2) is 32.1 Å². The lowest BCUT2D eigenvalue weighted by atomic mass is 10.0. The Hall–Kier alpha value is -2.80. The number of fused-ring (bicyclic) bond motifs is 1. The fraction of sp³-hybridized carbons (Fsp3) is 0.263. The van der Waals surface area contributed by atoms with Crippen LogP contribution >= 0.6 is 0 Å². The number of nitrogens with one attached hydrogen (secondary N) is 1. The average Bonchev–Trinajstić information content (AvgIpc) is 2.61. The number of hydrogen-bond acceptors (Lipinski definition) is 3. The van der Waals surface area contributed by atoms with E-state index in [0.717, 1.165) is 23.4 Å². The van der Waals surface area contributed by atoms with Gasteiger partial charge in [0.2, 0.25) is 5.91 Å². The number of benzene rings is 2. The Labute approximate surface area is 149 Å². The summed E-state index contributed by atoms with van der Waals surface area (Å²) in [6.45, 7) is 0.877. The second kappa shape index (κ2) is 7.61. The number of hydrogen-bond donors (Lipinski definition) is 1. The first kappa shape index (κ1) is 18.0. The number of methoxy groups -OCH3 is 1. The molecule has 0 aliphatic carbocycles. The van der Waals surface area contributed by atoms with Crippen LogP contribution in [0.15, 0.2) is 36.4 Å². The van der Waals surface area contributed by atoms with Gasteiger partial charge in [-0.15, -0.1) is 0 Å². The summed E-state index contributed by atoms with van der Waals surface area (Å²) in [7, 11) is 1.57. The molecule has 1 aliphatic rings. The molecule has 7 heteroatoms. The lowest BCUT2D eigenvalue weighted by molar-refractivity contribution is -0.119. The first-order valence-corrected chi connectivity index (χ1v) is 8.18. The average molecular weight is 360 g/mol. The van der Waals surface area contributed by atoms with Gasteiger partial charge < -0.3 is 15.0 Å². The lowest BCUT2D eigenvalue weighted by Gasteiger charge is -2.29. The molecule has 3 rings (SSSR count). The van der Waals surface area contributed by atoms with Crippen LogP contribution in [0.3, 0.4) is 0 Å². The predicted octanol–water partition coefficient (Wildman–Crippen LogP) is 3.14. The number of carbonyl (C=O) groups excluding carboxylic acids is 2. The zero-order valence-electron chi connectivity index (χ0n) is 14.2. The van der Waals surface area contributed by atoms with Crippen molar-refractivity contribution in [2.45, 2.75) is 12.8 Å². The molecule has 0 bridgehead atoms. The van der Waals surface area contributed by atoms with Gasteiger partial charge in [0.1, 0.15) is 11.6 Å². The normalized spacial score (nSPS) is 13.5. The fourth-order valence-corrected chi connectivity index (χ4v) is 2.94. The molecule has 1 N–H and O–H groups in total. The van der Waals surface area contributed by atoms with Crippen LogP contribution in [0.1, 0.15) is 22.3 Å². The maximum absolute atomic E-state index is 13.7. The van der Waals surface area contributed by atoms with Gasteiger partial charge in [-0.2, -0.15) is 0 Å². The molecule has 0 fully saturated rings. The Bertz CT molecular complexity index is 855. The third-order valence-electron chi connectivity index (χ3n) is 4.23. The minimum atomic E-state index is -0.920. The lowest BCUT2D eigenvalue weighted by Crippen LogP contribution is -2.37. The van der Waals surface area contributed by atoms with E-state index in [2.05, 4.69) is 5.32 Å². The van der Waals surface area contributed by atoms with Gasteiger partial charge in [-0.25, -0.2) is 8.78 Å². The third-order valence-corrected chi connectivity index (χ3v) is 4.23. The van der Waals surface area contributed by atoms with Crippen molar-refractivity contribution in [1.29, 1.82) is 0 Å². The number of carbonyl (C=O) groups is 2. The highest BCUT2D eigenvalue weighted by molar-refractivity contribution is 6.05. The summed E-state index contributed by atoms with van der Waals surface area (Å²) in [5, 5.41) is 2.61. The van der Waals surface area contributed by atoms with E-state index >= 15 is 0 Å². The van der Waals surface area contributed by atoms with Crippen LogP contribution in [0.4, 0.5) is 20.2 Å². The van der Waals surface area contributed by atoms with E-state index in [0.29, 0.717) is 37.7 Å². The zero-order valence-corrected chi connectivity index (χ0v) is 14.2. The van der Waals surface area contributed by atoms with Gasteiger partial charge in [-0.05, 0) is 42.3 Å². The molecule has 1 heterocycles. The van der Waals surface area contributed by atoms with E-state index in [1.54, 1.807) is 30.2 Å². The molecule has 5 nitrogen and oxygen atoms in total. The van der Waals surface area contributed by atoms with Crippen molar-refractivity contribution in [3.8, 4) is 0 Å². The summed E-state index contributed by atoms with van der Waals surface area (Å²) in [6, 6.07) is 7.96. The quantitative estimate of drug-likeness (QED) is 0.891. The molecule has 0 saturated heterocycles. The second-order valence-electron chi connectivity index (χ2n) is 5.96. The molecule has 1 aliphatic heterocycles. The van der Waals surface area contributed by atoms with Crippen molar-refractivity contribution < 1.29 is 23.1 Å². The van der Waals surface area contributed by atoms with Gasteiger partial charge >= 0.3 is 0 Å². The van der Waals surface area contributed by atoms with Crippen molar-refractivity contribution >= 4 is 23.2 Å². The molecule has 2 aromatic carbocycles. The Morgan fingerprint density at radius 2 is 2.00 bits per heavy atom. The van der Waals surface area contributed by atoms with E-state index < -0.39 is 17.5 Å². The van der Waals surface area contributed by atoms with Gasteiger partial charge in [-0.3, -0.25) is 9.59 Å². The number of aryl methyl sites for hydroxylation is 1. The van der Waals surface area contributed by atoms with E-state index in [-0.39, 0.29) is 11.5 Å². The topological polar surface area (TPSA) is 58.6 Å². The van der Waals surface area contributed by atoms with E-state index in [4.69, 9.17) is 4.74 Å². The van der Waals surface area contributed by atoms with Crippen LogP contribution in [0.2, 0.25) is 0 Å². The third kappa shape index (κ3) is 3.72. The largest absolute Gasteiger partial charge is 0.383 e. The molecular formula is C19H18F2N2O3. The van der Waals surface area contributed by atoms with E-state index in [1.807, 2.05) is 0 Å². The Morgan fingerprint density at radius 1 is 1.19 bits per heavy atom. The highest BCUT2D eigenvalue weighted by Crippen LogP contribution is 2.30. The number of nitrogens with zero attached hydrogens (tertiary/aromatic N) is 1. The number of amides is 2. The summed E-state index contributed by atoms with van der Waals surface area (Å²) in [5.41, 5.74) is 1.95. The number of ether oxygens (including phenoxy) is 1. The molecule has 0 radical (unpaired) electrons. The molecule has 136 valence electrons. The standard InChI is InChI=1S/C19H18F2N2O3/c1-26-9-8-23-17-6-4-14(10-12(17)2-7-18(23)24)22-19(25)15-5-3-13(20)11-16(15)21/h3-6,10-11H,2,7-9H2,1H3,(H,22,25). The van der Waals surface area contributed by atoms with Crippen molar-refractivity contribution in [1.82, 2.24) is 0 Å². The maximum Gasteiger partial charge on any atom is 0.258 e. The van der Waals surface area contributed by atoms with Crippen LogP contribution in [0, 0.1) is 11.6 Å². The zero-order chi connectivity index (χ0) is 18.7. The SMILES string of the molecule is COCCN1C(=O)CCc2cc(NC(=O)c3ccc(F)cc3F)ccc21. The maximum atomic E-state index is 13.7. The molecule has 0 aromatic heterocycles. The summed E-state index contributed by atoms with van der Waals surface area (Å²) in [5.74, 6) is -2.30. The Kier molecular flexibility index (Phi) is 5.27. The van der Waals surface area contributed by atoms with Crippen molar-refractivity contribution in [3.63, 3.8) is 0 Å². The van der Waals surface area contributed by atoms with Crippen LogP contribution < -0.4 is 10.2 Å². The van der Waals surface area contributed by atoms with Crippen molar-refractivity contribution in [2.24, 2.45) is 0 Å². The number of rotatable bonds is 5. The number of anilines is 2.